The Hall–Kier alpha value is -5.55. The Kier molecular flexibility index (Phi) is 6.80. The van der Waals surface area contributed by atoms with Gasteiger partial charge in [-0.1, -0.05) is 69.3 Å². The van der Waals surface area contributed by atoms with E-state index >= 15 is 0 Å². The minimum absolute atomic E-state index is 0.0633. The first-order valence-electron chi connectivity index (χ1n) is 16.2. The molecule has 47 heavy (non-hydrogen) atoms. The van der Waals surface area contributed by atoms with Crippen molar-refractivity contribution >= 4 is 33.2 Å². The Labute approximate surface area is 276 Å². The highest BCUT2D eigenvalue weighted by atomic mass is 16.5. The van der Waals surface area contributed by atoms with Gasteiger partial charge in [0.15, 0.2) is 0 Å². The summed E-state index contributed by atoms with van der Waals surface area (Å²) in [5.41, 5.74) is 9.31. The van der Waals surface area contributed by atoms with Crippen molar-refractivity contribution in [3.05, 3.63) is 156 Å². The number of fused-ring (bicyclic) bond motifs is 4. The summed E-state index contributed by atoms with van der Waals surface area (Å²) < 4.78 is 9.02. The second-order valence-electron chi connectivity index (χ2n) is 13.5. The van der Waals surface area contributed by atoms with Crippen LogP contribution in [0, 0.1) is 13.8 Å². The van der Waals surface area contributed by atoms with Crippen molar-refractivity contribution < 1.29 is 4.74 Å². The Morgan fingerprint density at radius 1 is 0.723 bits per heavy atom. The summed E-state index contributed by atoms with van der Waals surface area (Å²) in [6.07, 6.45) is 12.8. The van der Waals surface area contributed by atoms with Gasteiger partial charge >= 0.3 is 0 Å². The van der Waals surface area contributed by atoms with Crippen molar-refractivity contribution in [1.29, 1.82) is 0 Å². The largest absolute Gasteiger partial charge is 0.457 e. The highest BCUT2D eigenvalue weighted by Crippen LogP contribution is 2.43. The highest BCUT2D eigenvalue weighted by molar-refractivity contribution is 6.09. The fourth-order valence-corrected chi connectivity index (χ4v) is 6.96. The SMILES string of the molecule is Cc1cccc(C)c1N1C(c2cc(Oc3ccc4c5ccccc5n(-c5ccccn5)c4c3)cc(C(C)(C)C)c2)=CN2C=CC=CC21. The fourth-order valence-electron chi connectivity index (χ4n) is 6.96. The van der Waals surface area contributed by atoms with Crippen LogP contribution in [0.25, 0.3) is 33.3 Å². The monoisotopic (exact) mass is 614 g/mol. The molecule has 0 bridgehead atoms. The van der Waals surface area contributed by atoms with Gasteiger partial charge in [0, 0.05) is 46.7 Å². The molecule has 4 aromatic carbocycles. The third kappa shape index (κ3) is 4.99. The summed E-state index contributed by atoms with van der Waals surface area (Å²) in [6, 6.07) is 34.1. The maximum absolute atomic E-state index is 6.80. The first kappa shape index (κ1) is 28.9. The van der Waals surface area contributed by atoms with Crippen molar-refractivity contribution in [1.82, 2.24) is 14.5 Å². The lowest BCUT2D eigenvalue weighted by molar-refractivity contribution is 0.455. The number of nitrogens with zero attached hydrogens (tertiary/aromatic N) is 4. The number of ether oxygens (including phenoxy) is 1. The minimum atomic E-state index is -0.0844. The molecular weight excluding hydrogens is 576 g/mol. The molecule has 0 aliphatic carbocycles. The number of hydrogen-bond acceptors (Lipinski definition) is 4. The zero-order valence-corrected chi connectivity index (χ0v) is 27.5. The quantitative estimate of drug-likeness (QED) is 0.193. The van der Waals surface area contributed by atoms with Crippen LogP contribution >= 0.6 is 0 Å². The molecule has 6 aromatic rings. The predicted octanol–water partition coefficient (Wildman–Crippen LogP) is 10.4. The summed E-state index contributed by atoms with van der Waals surface area (Å²) in [6.45, 7) is 11.2. The molecule has 4 heterocycles. The summed E-state index contributed by atoms with van der Waals surface area (Å²) in [7, 11) is 0. The zero-order chi connectivity index (χ0) is 32.3. The van der Waals surface area contributed by atoms with Gasteiger partial charge in [0.1, 0.15) is 23.5 Å². The lowest BCUT2D eigenvalue weighted by atomic mass is 9.85. The number of para-hydroxylation sites is 2. The standard InChI is InChI=1S/C42H38N4O/c1-28-13-12-14-29(2)41(28)46-38(27-44-22-11-9-18-40(44)46)30-23-31(42(3,4)5)25-33(24-30)47-32-19-20-35-34-15-6-7-16-36(34)45(37(35)26-32)39-17-8-10-21-43-39/h6-27,40H,1-5H3. The van der Waals surface area contributed by atoms with Crippen LogP contribution in [-0.4, -0.2) is 20.6 Å². The van der Waals surface area contributed by atoms with Crippen LogP contribution in [0.15, 0.2) is 134 Å². The molecule has 8 rings (SSSR count). The van der Waals surface area contributed by atoms with Crippen LogP contribution < -0.4 is 9.64 Å². The van der Waals surface area contributed by atoms with Crippen molar-refractivity contribution in [2.45, 2.75) is 46.2 Å². The number of benzene rings is 4. The molecule has 1 unspecified atom stereocenters. The van der Waals surface area contributed by atoms with Crippen LogP contribution in [0.1, 0.15) is 43.0 Å². The average Bonchev–Trinajstić information content (AvgIpc) is 3.60. The second-order valence-corrected chi connectivity index (χ2v) is 13.5. The van der Waals surface area contributed by atoms with Crippen LogP contribution in [0.4, 0.5) is 5.69 Å². The summed E-state index contributed by atoms with van der Waals surface area (Å²) in [5.74, 6) is 2.47. The average molecular weight is 615 g/mol. The minimum Gasteiger partial charge on any atom is -0.457 e. The molecule has 0 N–H and O–H groups in total. The Morgan fingerprint density at radius 2 is 1.51 bits per heavy atom. The van der Waals surface area contributed by atoms with E-state index in [0.29, 0.717) is 0 Å². The Morgan fingerprint density at radius 3 is 2.30 bits per heavy atom. The van der Waals surface area contributed by atoms with Gasteiger partial charge < -0.3 is 14.5 Å². The van der Waals surface area contributed by atoms with E-state index in [9.17, 15) is 0 Å². The highest BCUT2D eigenvalue weighted by Gasteiger charge is 2.34. The summed E-state index contributed by atoms with van der Waals surface area (Å²) in [5, 5.41) is 2.36. The number of aromatic nitrogens is 2. The third-order valence-corrected chi connectivity index (χ3v) is 9.26. The Bertz CT molecular complexity index is 2230. The van der Waals surface area contributed by atoms with Crippen LogP contribution in [-0.2, 0) is 5.41 Å². The second kappa shape index (κ2) is 11.1. The third-order valence-electron chi connectivity index (χ3n) is 9.26. The van der Waals surface area contributed by atoms with Gasteiger partial charge in [-0.2, -0.15) is 0 Å². The molecule has 5 nitrogen and oxygen atoms in total. The molecule has 2 aliphatic rings. The molecule has 1 atom stereocenters. The van der Waals surface area contributed by atoms with Gasteiger partial charge in [0.2, 0.25) is 0 Å². The van der Waals surface area contributed by atoms with E-state index in [1.165, 1.54) is 33.2 Å². The van der Waals surface area contributed by atoms with E-state index in [2.05, 4.69) is 158 Å². The van der Waals surface area contributed by atoms with Gasteiger partial charge in [0.25, 0.3) is 0 Å². The maximum atomic E-state index is 6.80. The molecule has 232 valence electrons. The molecule has 0 saturated carbocycles. The van der Waals surface area contributed by atoms with Crippen LogP contribution in [0.3, 0.4) is 0 Å². The number of hydrogen-bond donors (Lipinski definition) is 0. The van der Waals surface area contributed by atoms with E-state index in [1.54, 1.807) is 0 Å². The van der Waals surface area contributed by atoms with Gasteiger partial charge in [0.05, 0.1) is 16.7 Å². The smallest absolute Gasteiger partial charge is 0.137 e. The Balaban J connectivity index is 1.26. The van der Waals surface area contributed by atoms with Crippen LogP contribution in [0.5, 0.6) is 11.5 Å². The summed E-state index contributed by atoms with van der Waals surface area (Å²) >= 11 is 0. The molecule has 2 aromatic heterocycles. The van der Waals surface area contributed by atoms with Gasteiger partial charge in [-0.05, 0) is 96.6 Å². The van der Waals surface area contributed by atoms with Crippen molar-refractivity contribution in [3.8, 4) is 17.3 Å². The topological polar surface area (TPSA) is 33.5 Å². The predicted molar refractivity (Wildman–Crippen MR) is 194 cm³/mol. The van der Waals surface area contributed by atoms with Gasteiger partial charge in [-0.25, -0.2) is 4.98 Å². The first-order chi connectivity index (χ1) is 22.8. The van der Waals surface area contributed by atoms with Crippen molar-refractivity contribution in [3.63, 3.8) is 0 Å². The number of allylic oxidation sites excluding steroid dienone is 2. The molecule has 5 heteroatoms. The normalized spacial score (nSPS) is 15.9. The number of pyridine rings is 1. The summed E-state index contributed by atoms with van der Waals surface area (Å²) in [4.78, 5) is 9.46. The lowest BCUT2D eigenvalue weighted by Crippen LogP contribution is -2.37. The first-order valence-corrected chi connectivity index (χ1v) is 16.2. The van der Waals surface area contributed by atoms with E-state index in [1.807, 2.05) is 24.4 Å². The van der Waals surface area contributed by atoms with Gasteiger partial charge in [-0.15, -0.1) is 0 Å². The zero-order valence-electron chi connectivity index (χ0n) is 27.5. The fraction of sp³-hybridized carbons (Fsp3) is 0.167. The lowest BCUT2D eigenvalue weighted by Gasteiger charge is -2.34. The number of rotatable bonds is 5. The maximum Gasteiger partial charge on any atom is 0.137 e. The molecule has 0 amide bonds. The molecule has 0 fully saturated rings. The number of aryl methyl sites for hydroxylation is 2. The number of anilines is 1. The van der Waals surface area contributed by atoms with Gasteiger partial charge in [-0.3, -0.25) is 4.57 Å². The van der Waals surface area contributed by atoms with Crippen LogP contribution in [0.2, 0.25) is 0 Å². The van der Waals surface area contributed by atoms with E-state index in [-0.39, 0.29) is 11.6 Å². The molecular formula is C42H38N4O. The molecule has 2 aliphatic heterocycles. The van der Waals surface area contributed by atoms with E-state index < -0.39 is 0 Å². The van der Waals surface area contributed by atoms with Crippen molar-refractivity contribution in [2.75, 3.05) is 4.90 Å². The van der Waals surface area contributed by atoms with E-state index in [0.717, 1.165) is 39.6 Å². The molecule has 0 radical (unpaired) electrons. The molecule has 0 spiro atoms. The molecule has 0 saturated heterocycles. The van der Waals surface area contributed by atoms with Crippen molar-refractivity contribution in [2.24, 2.45) is 0 Å². The van der Waals surface area contributed by atoms with E-state index in [4.69, 9.17) is 9.72 Å².